The van der Waals surface area contributed by atoms with Crippen molar-refractivity contribution in [3.8, 4) is 0 Å². The van der Waals surface area contributed by atoms with Crippen LogP contribution in [0.3, 0.4) is 0 Å². The van der Waals surface area contributed by atoms with E-state index in [-0.39, 0.29) is 18.3 Å². The molecule has 1 fully saturated rings. The van der Waals surface area contributed by atoms with Gasteiger partial charge in [-0.2, -0.15) is 12.6 Å². The average Bonchev–Trinajstić information content (AvgIpc) is 2.67. The topological polar surface area (TPSA) is 30.5 Å². The lowest BCUT2D eigenvalue weighted by Gasteiger charge is -2.32. The van der Waals surface area contributed by atoms with Crippen molar-refractivity contribution in [1.82, 2.24) is 5.32 Å². The Morgan fingerprint density at radius 2 is 1.86 bits per heavy atom. The van der Waals surface area contributed by atoms with Gasteiger partial charge in [-0.3, -0.25) is 0 Å². The highest BCUT2D eigenvalue weighted by molar-refractivity contribution is 7.79. The van der Waals surface area contributed by atoms with E-state index in [1.54, 1.807) is 0 Å². The van der Waals surface area contributed by atoms with Gasteiger partial charge in [-0.15, -0.1) is 0 Å². The molecule has 0 unspecified atom stereocenters. The minimum atomic E-state index is -0.322. The van der Waals surface area contributed by atoms with E-state index in [1.807, 2.05) is 7.05 Å². The summed E-state index contributed by atoms with van der Waals surface area (Å²) in [5.41, 5.74) is 2.80. The molecule has 0 radical (unpaired) electrons. The fraction of sp³-hybridized carbons (Fsp3) is 0.529. The second-order valence-electron chi connectivity index (χ2n) is 6.74. The van der Waals surface area contributed by atoms with E-state index in [4.69, 9.17) is 9.31 Å². The first kappa shape index (κ1) is 17.6. The third-order valence-corrected chi connectivity index (χ3v) is 4.79. The van der Waals surface area contributed by atoms with Crippen LogP contribution < -0.4 is 5.32 Å². The molecule has 1 saturated heterocycles. The molecule has 0 atom stereocenters. The van der Waals surface area contributed by atoms with Crippen LogP contribution in [0.25, 0.3) is 6.08 Å². The number of rotatable bonds is 5. The standard InChI is InChI=1S/C17H26BNO2S/c1-16(2)17(3,4)21-18(20-16)15(11-19-5)10-13-7-6-8-14(9-13)12-22/h6-10,19,22H,11-12H2,1-5H3. The fourth-order valence-electron chi connectivity index (χ4n) is 2.40. The molecule has 120 valence electrons. The predicted molar refractivity (Wildman–Crippen MR) is 97.1 cm³/mol. The van der Waals surface area contributed by atoms with Gasteiger partial charge in [-0.05, 0) is 51.3 Å². The van der Waals surface area contributed by atoms with E-state index >= 15 is 0 Å². The van der Waals surface area contributed by atoms with Crippen molar-refractivity contribution in [3.63, 3.8) is 0 Å². The van der Waals surface area contributed by atoms with E-state index in [9.17, 15) is 0 Å². The summed E-state index contributed by atoms with van der Waals surface area (Å²) in [5.74, 6) is 0.736. The van der Waals surface area contributed by atoms with Crippen molar-refractivity contribution in [3.05, 3.63) is 40.9 Å². The molecule has 0 spiro atoms. The SMILES string of the molecule is CNCC(=Cc1cccc(CS)c1)B1OC(C)(C)C(C)(C)O1. The number of nitrogens with one attached hydrogen (secondary N) is 1. The van der Waals surface area contributed by atoms with Gasteiger partial charge in [0.25, 0.3) is 0 Å². The Bertz CT molecular complexity index is 541. The zero-order chi connectivity index (χ0) is 16.4. The number of likely N-dealkylation sites (N-methyl/N-ethyl adjacent to an activating group) is 1. The molecule has 0 aliphatic carbocycles. The summed E-state index contributed by atoms with van der Waals surface area (Å²) < 4.78 is 12.3. The van der Waals surface area contributed by atoms with E-state index in [1.165, 1.54) is 5.56 Å². The molecule has 1 aliphatic rings. The molecular weight excluding hydrogens is 293 g/mol. The highest BCUT2D eigenvalue weighted by Gasteiger charge is 2.52. The summed E-state index contributed by atoms with van der Waals surface area (Å²) in [7, 11) is 1.61. The van der Waals surface area contributed by atoms with Crippen LogP contribution in [0.5, 0.6) is 0 Å². The number of hydrogen-bond acceptors (Lipinski definition) is 4. The van der Waals surface area contributed by atoms with Crippen LogP contribution in [0.1, 0.15) is 38.8 Å². The summed E-state index contributed by atoms with van der Waals surface area (Å²) in [6.07, 6.45) is 2.14. The smallest absolute Gasteiger partial charge is 0.400 e. The molecule has 5 heteroatoms. The molecule has 0 aromatic heterocycles. The number of benzene rings is 1. The Morgan fingerprint density at radius 3 is 2.41 bits per heavy atom. The van der Waals surface area contributed by atoms with Crippen LogP contribution in [0.4, 0.5) is 0 Å². The lowest BCUT2D eigenvalue weighted by molar-refractivity contribution is 0.00578. The van der Waals surface area contributed by atoms with Crippen molar-refractivity contribution in [2.45, 2.75) is 44.6 Å². The Morgan fingerprint density at radius 1 is 1.23 bits per heavy atom. The van der Waals surface area contributed by atoms with Crippen molar-refractivity contribution >= 4 is 25.8 Å². The number of hydrogen-bond donors (Lipinski definition) is 2. The van der Waals surface area contributed by atoms with Gasteiger partial charge in [-0.1, -0.05) is 30.3 Å². The number of thiol groups is 1. The van der Waals surface area contributed by atoms with Gasteiger partial charge in [0.15, 0.2) is 0 Å². The zero-order valence-corrected chi connectivity index (χ0v) is 15.0. The zero-order valence-electron chi connectivity index (χ0n) is 14.1. The van der Waals surface area contributed by atoms with Crippen molar-refractivity contribution in [1.29, 1.82) is 0 Å². The molecule has 1 N–H and O–H groups in total. The molecule has 1 aromatic rings. The van der Waals surface area contributed by atoms with E-state index < -0.39 is 0 Å². The summed E-state index contributed by atoms with van der Waals surface area (Å²) in [6.45, 7) is 9.02. The molecule has 1 aliphatic heterocycles. The van der Waals surface area contributed by atoms with Gasteiger partial charge in [0, 0.05) is 12.3 Å². The molecule has 0 amide bonds. The Kier molecular flexibility index (Phi) is 5.43. The van der Waals surface area contributed by atoms with E-state index in [0.29, 0.717) is 0 Å². The van der Waals surface area contributed by atoms with Crippen LogP contribution in [0, 0.1) is 0 Å². The fourth-order valence-corrected chi connectivity index (χ4v) is 2.59. The van der Waals surface area contributed by atoms with Crippen molar-refractivity contribution in [2.75, 3.05) is 13.6 Å². The lowest BCUT2D eigenvalue weighted by Crippen LogP contribution is -2.41. The maximum Gasteiger partial charge on any atom is 0.491 e. The monoisotopic (exact) mass is 319 g/mol. The third kappa shape index (κ3) is 3.77. The van der Waals surface area contributed by atoms with Gasteiger partial charge in [0.2, 0.25) is 0 Å². The molecule has 1 heterocycles. The van der Waals surface area contributed by atoms with Gasteiger partial charge in [0.05, 0.1) is 11.2 Å². The molecule has 2 rings (SSSR count). The maximum absolute atomic E-state index is 6.16. The molecule has 0 saturated carbocycles. The first-order chi connectivity index (χ1) is 10.3. The largest absolute Gasteiger partial charge is 0.491 e. The Balaban J connectivity index is 2.29. The molecule has 1 aromatic carbocycles. The van der Waals surface area contributed by atoms with Crippen LogP contribution in [-0.4, -0.2) is 31.9 Å². The second kappa shape index (κ2) is 6.79. The summed E-state index contributed by atoms with van der Waals surface area (Å²) in [6, 6.07) is 8.37. The first-order valence-electron chi connectivity index (χ1n) is 7.69. The van der Waals surface area contributed by atoms with Crippen molar-refractivity contribution < 1.29 is 9.31 Å². The average molecular weight is 319 g/mol. The van der Waals surface area contributed by atoms with E-state index in [0.717, 1.165) is 23.3 Å². The quantitative estimate of drug-likeness (QED) is 0.644. The predicted octanol–water partition coefficient (Wildman–Crippen LogP) is 3.35. The van der Waals surface area contributed by atoms with E-state index in [2.05, 4.69) is 76.0 Å². The first-order valence-corrected chi connectivity index (χ1v) is 8.33. The van der Waals surface area contributed by atoms with Gasteiger partial charge < -0.3 is 14.6 Å². The van der Waals surface area contributed by atoms with Gasteiger partial charge in [0.1, 0.15) is 0 Å². The highest BCUT2D eigenvalue weighted by Crippen LogP contribution is 2.38. The minimum absolute atomic E-state index is 0.322. The summed E-state index contributed by atoms with van der Waals surface area (Å²) in [5, 5.41) is 3.20. The van der Waals surface area contributed by atoms with Crippen LogP contribution in [-0.2, 0) is 15.1 Å². The van der Waals surface area contributed by atoms with Crippen LogP contribution in [0.15, 0.2) is 29.7 Å². The molecule has 3 nitrogen and oxygen atoms in total. The maximum atomic E-state index is 6.16. The van der Waals surface area contributed by atoms with Gasteiger partial charge in [-0.25, -0.2) is 0 Å². The summed E-state index contributed by atoms with van der Waals surface area (Å²) >= 11 is 4.34. The molecular formula is C17H26BNO2S. The normalized spacial score (nSPS) is 20.5. The molecule has 22 heavy (non-hydrogen) atoms. The van der Waals surface area contributed by atoms with Crippen molar-refractivity contribution in [2.24, 2.45) is 0 Å². The van der Waals surface area contributed by atoms with Crippen LogP contribution in [0.2, 0.25) is 0 Å². The molecule has 0 bridgehead atoms. The van der Waals surface area contributed by atoms with Crippen LogP contribution >= 0.6 is 12.6 Å². The summed E-state index contributed by atoms with van der Waals surface area (Å²) in [4.78, 5) is 0. The lowest BCUT2D eigenvalue weighted by atomic mass is 9.77. The Hall–Kier alpha value is -0.745. The minimum Gasteiger partial charge on any atom is -0.400 e. The van der Waals surface area contributed by atoms with Gasteiger partial charge >= 0.3 is 7.12 Å². The second-order valence-corrected chi connectivity index (χ2v) is 7.06. The third-order valence-electron chi connectivity index (χ3n) is 4.42. The Labute approximate surface area is 140 Å². The highest BCUT2D eigenvalue weighted by atomic mass is 32.1.